The predicted molar refractivity (Wildman–Crippen MR) is 164 cm³/mol. The fourth-order valence-electron chi connectivity index (χ4n) is 5.50. The number of likely N-dealkylation sites (tertiary alicyclic amines) is 1. The Morgan fingerprint density at radius 2 is 1.59 bits per heavy atom. The second-order valence-electron chi connectivity index (χ2n) is 11.8. The highest BCUT2D eigenvalue weighted by Gasteiger charge is 2.46. The van der Waals surface area contributed by atoms with Crippen LogP contribution in [-0.2, 0) is 27.4 Å². The molecule has 0 aromatic heterocycles. The summed E-state index contributed by atoms with van der Waals surface area (Å²) < 4.78 is 65.7. The minimum absolute atomic E-state index is 0.110. The Balaban J connectivity index is 0.000000281. The van der Waals surface area contributed by atoms with Crippen molar-refractivity contribution >= 4 is 15.8 Å². The molecule has 1 aliphatic carbocycles. The van der Waals surface area contributed by atoms with Gasteiger partial charge in [0.05, 0.1) is 21.8 Å². The summed E-state index contributed by atoms with van der Waals surface area (Å²) >= 11 is 0. The van der Waals surface area contributed by atoms with Crippen LogP contribution in [0.1, 0.15) is 88.7 Å². The Bertz CT molecular complexity index is 1340. The molecule has 2 aromatic carbocycles. The second-order valence-corrected chi connectivity index (χ2v) is 14.0. The standard InChI is InChI=1S/C19H18F3NO4S.C14H26N2/c20-19(21,22)15-8-4-5-9-17(15)28(26,27)14-10-16(18(24)25)23(12-14)11-13-6-2-1-3-7-13;1-2-3-4-5-6-7-8-9-12-16-14(13-15)10-11-14/h1-9,14,16H,10-12H2,(H,24,25);16H,2-12H2,1H3/t14-,16+;/m1./s1. The summed E-state index contributed by atoms with van der Waals surface area (Å²) in [6, 6.07) is 14.2. The lowest BCUT2D eigenvalue weighted by molar-refractivity contribution is -0.142. The number of alkyl halides is 3. The lowest BCUT2D eigenvalue weighted by Gasteiger charge is -2.21. The number of nitriles is 1. The van der Waals surface area contributed by atoms with Gasteiger partial charge in [-0.25, -0.2) is 8.42 Å². The van der Waals surface area contributed by atoms with Crippen LogP contribution in [0, 0.1) is 11.3 Å². The van der Waals surface area contributed by atoms with Crippen molar-refractivity contribution in [2.24, 2.45) is 0 Å². The van der Waals surface area contributed by atoms with Gasteiger partial charge in [-0.2, -0.15) is 18.4 Å². The first-order chi connectivity index (χ1) is 20.9. The number of nitrogens with zero attached hydrogens (tertiary/aromatic N) is 2. The number of carbonyl (C=O) groups is 1. The van der Waals surface area contributed by atoms with E-state index < -0.39 is 43.7 Å². The Labute approximate surface area is 259 Å². The maximum atomic E-state index is 13.3. The van der Waals surface area contributed by atoms with Crippen molar-refractivity contribution in [1.82, 2.24) is 10.2 Å². The van der Waals surface area contributed by atoms with E-state index in [1.165, 1.54) is 62.3 Å². The number of hydrogen-bond acceptors (Lipinski definition) is 6. The summed E-state index contributed by atoms with van der Waals surface area (Å²) in [6.07, 6.45) is 7.88. The molecule has 1 heterocycles. The van der Waals surface area contributed by atoms with E-state index in [1.807, 2.05) is 0 Å². The second kappa shape index (κ2) is 16.4. The average Bonchev–Trinajstić information content (AvgIpc) is 3.65. The first-order valence-corrected chi connectivity index (χ1v) is 17.1. The van der Waals surface area contributed by atoms with Gasteiger partial charge >= 0.3 is 12.1 Å². The van der Waals surface area contributed by atoms with E-state index in [9.17, 15) is 31.5 Å². The van der Waals surface area contributed by atoms with Gasteiger partial charge in [-0.1, -0.05) is 94.3 Å². The van der Waals surface area contributed by atoms with Gasteiger partial charge in [-0.3, -0.25) is 15.0 Å². The maximum absolute atomic E-state index is 13.3. The number of benzene rings is 2. The highest BCUT2D eigenvalue weighted by molar-refractivity contribution is 7.92. The maximum Gasteiger partial charge on any atom is 0.417 e. The van der Waals surface area contributed by atoms with E-state index in [0.29, 0.717) is 0 Å². The molecule has 0 bridgehead atoms. The van der Waals surface area contributed by atoms with Gasteiger partial charge in [-0.05, 0) is 49.9 Å². The molecule has 0 radical (unpaired) electrons. The minimum Gasteiger partial charge on any atom is -0.480 e. The molecule has 7 nitrogen and oxygen atoms in total. The fraction of sp³-hybridized carbons (Fsp3) is 0.576. The van der Waals surface area contributed by atoms with E-state index in [2.05, 4.69) is 18.3 Å². The third-order valence-electron chi connectivity index (χ3n) is 8.27. The first-order valence-electron chi connectivity index (χ1n) is 15.5. The van der Waals surface area contributed by atoms with Crippen LogP contribution in [0.25, 0.3) is 0 Å². The highest BCUT2D eigenvalue weighted by Crippen LogP contribution is 2.38. The van der Waals surface area contributed by atoms with Crippen LogP contribution < -0.4 is 5.32 Å². The number of halogens is 3. The van der Waals surface area contributed by atoms with E-state index in [0.717, 1.165) is 43.1 Å². The number of aliphatic carboxylic acids is 1. The summed E-state index contributed by atoms with van der Waals surface area (Å²) in [5.74, 6) is -1.20. The zero-order valence-corrected chi connectivity index (χ0v) is 26.2. The van der Waals surface area contributed by atoms with E-state index >= 15 is 0 Å². The number of hydrogen-bond donors (Lipinski definition) is 2. The molecule has 2 aromatic rings. The molecule has 11 heteroatoms. The molecule has 0 amide bonds. The molecule has 242 valence electrons. The largest absolute Gasteiger partial charge is 0.480 e. The monoisotopic (exact) mass is 635 g/mol. The zero-order chi connectivity index (χ0) is 32.2. The predicted octanol–water partition coefficient (Wildman–Crippen LogP) is 6.98. The highest BCUT2D eigenvalue weighted by atomic mass is 32.2. The van der Waals surface area contributed by atoms with Crippen molar-refractivity contribution in [2.75, 3.05) is 13.1 Å². The third kappa shape index (κ3) is 10.3. The van der Waals surface area contributed by atoms with Gasteiger partial charge in [0, 0.05) is 13.1 Å². The molecule has 0 spiro atoms. The van der Waals surface area contributed by atoms with Gasteiger partial charge in [0.2, 0.25) is 0 Å². The molecule has 2 atom stereocenters. The van der Waals surface area contributed by atoms with E-state index in [-0.39, 0.29) is 25.0 Å². The molecular formula is C33H44F3N3O4S. The summed E-state index contributed by atoms with van der Waals surface area (Å²) in [4.78, 5) is 12.3. The van der Waals surface area contributed by atoms with Gasteiger partial charge < -0.3 is 5.11 Å². The number of unbranched alkanes of at least 4 members (excludes halogenated alkanes) is 7. The smallest absolute Gasteiger partial charge is 0.417 e. The fourth-order valence-corrected chi connectivity index (χ4v) is 7.45. The quantitative estimate of drug-likeness (QED) is 0.203. The lowest BCUT2D eigenvalue weighted by atomic mass is 10.1. The molecule has 2 N–H and O–H groups in total. The van der Waals surface area contributed by atoms with Crippen molar-refractivity contribution in [3.8, 4) is 6.07 Å². The van der Waals surface area contributed by atoms with Gasteiger partial charge in [0.1, 0.15) is 11.6 Å². The average molecular weight is 636 g/mol. The molecule has 1 aliphatic heterocycles. The van der Waals surface area contributed by atoms with Gasteiger partial charge in [-0.15, -0.1) is 0 Å². The first kappa shape index (κ1) is 35.5. The minimum atomic E-state index is -4.82. The van der Waals surface area contributed by atoms with Crippen LogP contribution in [0.15, 0.2) is 59.5 Å². The lowest BCUT2D eigenvalue weighted by Crippen LogP contribution is -2.35. The summed E-state index contributed by atoms with van der Waals surface area (Å²) in [5, 5.41) is 20.5. The normalized spacial score (nSPS) is 19.5. The molecule has 2 fully saturated rings. The van der Waals surface area contributed by atoms with Gasteiger partial charge in [0.25, 0.3) is 0 Å². The van der Waals surface area contributed by atoms with Crippen LogP contribution in [0.2, 0.25) is 0 Å². The molecule has 0 unspecified atom stereocenters. The number of rotatable bonds is 15. The Morgan fingerprint density at radius 1 is 1.00 bits per heavy atom. The Kier molecular flexibility index (Phi) is 13.2. The summed E-state index contributed by atoms with van der Waals surface area (Å²) in [6.45, 7) is 3.34. The number of nitrogens with one attached hydrogen (secondary N) is 1. The van der Waals surface area contributed by atoms with Crippen molar-refractivity contribution < 1.29 is 31.5 Å². The topological polar surface area (TPSA) is 110 Å². The van der Waals surface area contributed by atoms with Crippen molar-refractivity contribution in [1.29, 1.82) is 5.26 Å². The van der Waals surface area contributed by atoms with E-state index in [1.54, 1.807) is 30.3 Å². The molecule has 4 rings (SSSR count). The van der Waals surface area contributed by atoms with Crippen molar-refractivity contribution in [3.05, 3.63) is 65.7 Å². The van der Waals surface area contributed by atoms with Crippen LogP contribution >= 0.6 is 0 Å². The van der Waals surface area contributed by atoms with Crippen molar-refractivity contribution in [2.45, 2.75) is 112 Å². The molecule has 2 aliphatic rings. The number of carboxylic acids is 1. The van der Waals surface area contributed by atoms with Crippen LogP contribution in [0.3, 0.4) is 0 Å². The number of carboxylic acid groups (broad SMARTS) is 1. The van der Waals surface area contributed by atoms with Crippen LogP contribution in [-0.4, -0.2) is 54.3 Å². The molecular weight excluding hydrogens is 591 g/mol. The Morgan fingerprint density at radius 3 is 2.16 bits per heavy atom. The summed E-state index contributed by atoms with van der Waals surface area (Å²) in [7, 11) is -4.37. The van der Waals surface area contributed by atoms with Crippen LogP contribution in [0.5, 0.6) is 0 Å². The molecule has 1 saturated heterocycles. The number of sulfone groups is 1. The zero-order valence-electron chi connectivity index (χ0n) is 25.4. The SMILES string of the molecule is CCCCCCCCCCNC1(C#N)CC1.O=C(O)[C@@H]1C[C@@H](S(=O)(=O)c2ccccc2C(F)(F)F)CN1Cc1ccccc1. The van der Waals surface area contributed by atoms with Crippen LogP contribution in [0.4, 0.5) is 13.2 Å². The van der Waals surface area contributed by atoms with Crippen molar-refractivity contribution in [3.63, 3.8) is 0 Å². The summed E-state index contributed by atoms with van der Waals surface area (Å²) in [5.41, 5.74) is -0.549. The van der Waals surface area contributed by atoms with E-state index in [4.69, 9.17) is 5.26 Å². The van der Waals surface area contributed by atoms with Gasteiger partial charge in [0.15, 0.2) is 9.84 Å². The third-order valence-corrected chi connectivity index (χ3v) is 10.5. The molecule has 1 saturated carbocycles. The Hall–Kier alpha value is -2.94. The molecule has 44 heavy (non-hydrogen) atoms.